The molecule has 0 bridgehead atoms. The van der Waals surface area contributed by atoms with E-state index >= 15 is 0 Å². The molecule has 0 fully saturated rings. The van der Waals surface area contributed by atoms with Crippen molar-refractivity contribution in [1.82, 2.24) is 0 Å². The van der Waals surface area contributed by atoms with Crippen molar-refractivity contribution >= 4 is 6.41 Å². The van der Waals surface area contributed by atoms with Crippen molar-refractivity contribution in [2.45, 2.75) is 39.5 Å². The Labute approximate surface area is 447 Å². The molecule has 0 heterocycles. The first-order valence-corrected chi connectivity index (χ1v) is 24.9. The molecule has 0 saturated heterocycles. The molecule has 0 spiro atoms. The van der Waals surface area contributed by atoms with Crippen molar-refractivity contribution in [1.29, 1.82) is 0 Å². The average Bonchev–Trinajstić information content (AvgIpc) is 4.25. The third-order valence-electron chi connectivity index (χ3n) is 11.3. The Morgan fingerprint density at radius 2 is 0.706 bits per heavy atom. The molecule has 0 aromatic heterocycles. The molecular formula is C64H52Cl2Zr2-2. The summed E-state index contributed by atoms with van der Waals surface area (Å²) in [6, 6.07) is 74.5. The van der Waals surface area contributed by atoms with Crippen LogP contribution < -0.4 is 24.8 Å². The molecule has 12 rings (SSSR count). The van der Waals surface area contributed by atoms with Gasteiger partial charge in [0.15, 0.2) is 0 Å². The fourth-order valence-electron chi connectivity index (χ4n) is 8.00. The van der Waals surface area contributed by atoms with Crippen LogP contribution in [-0.4, -0.2) is 6.41 Å². The van der Waals surface area contributed by atoms with Crippen molar-refractivity contribution in [3.05, 3.63) is 310 Å². The number of hydrogen-bond acceptors (Lipinski definition) is 0. The van der Waals surface area contributed by atoms with Gasteiger partial charge in [-0.05, 0) is 12.8 Å². The third kappa shape index (κ3) is 15.4. The van der Waals surface area contributed by atoms with Gasteiger partial charge in [-0.15, -0.1) is 35.1 Å². The zero-order valence-corrected chi connectivity index (χ0v) is 45.0. The monoisotopic (exact) mass is 1070 g/mol. The molecule has 0 N–H and O–H groups in total. The van der Waals surface area contributed by atoms with Crippen LogP contribution in [-0.2, 0) is 61.3 Å². The topological polar surface area (TPSA) is 0 Å². The molecule has 4 heteroatoms. The van der Waals surface area contributed by atoms with E-state index in [0.717, 1.165) is 25.7 Å². The minimum atomic E-state index is 0. The van der Waals surface area contributed by atoms with Crippen molar-refractivity contribution in [2.24, 2.45) is 0 Å². The summed E-state index contributed by atoms with van der Waals surface area (Å²) >= 11 is 2.92. The number of fused-ring (bicyclic) bond motifs is 6. The van der Waals surface area contributed by atoms with E-state index < -0.39 is 0 Å². The van der Waals surface area contributed by atoms with E-state index in [9.17, 15) is 0 Å². The predicted molar refractivity (Wildman–Crippen MR) is 272 cm³/mol. The van der Waals surface area contributed by atoms with Crippen LogP contribution in [0.15, 0.2) is 231 Å². The van der Waals surface area contributed by atoms with Gasteiger partial charge < -0.3 is 24.8 Å². The van der Waals surface area contributed by atoms with Gasteiger partial charge in [0, 0.05) is 0 Å². The Bertz CT molecular complexity index is 2640. The number of aryl methyl sites for hydroxylation is 2. The van der Waals surface area contributed by atoms with Crippen molar-refractivity contribution in [2.75, 3.05) is 0 Å². The van der Waals surface area contributed by atoms with Gasteiger partial charge in [-0.3, -0.25) is 12.2 Å². The first-order valence-electron chi connectivity index (χ1n) is 22.5. The van der Waals surface area contributed by atoms with Crippen LogP contribution in [0.3, 0.4) is 0 Å². The first-order chi connectivity index (χ1) is 32.5. The summed E-state index contributed by atoms with van der Waals surface area (Å²) in [6.45, 7) is 4.35. The van der Waals surface area contributed by atoms with Crippen LogP contribution in [0.1, 0.15) is 68.5 Å². The molecule has 0 atom stereocenters. The Balaban J connectivity index is 0.000000157. The summed E-state index contributed by atoms with van der Waals surface area (Å²) in [5, 5.41) is 0. The summed E-state index contributed by atoms with van der Waals surface area (Å²) < 4.78 is 2.83. The summed E-state index contributed by atoms with van der Waals surface area (Å²) in [5.41, 5.74) is 19.2. The number of benzene rings is 8. The van der Waals surface area contributed by atoms with Crippen LogP contribution in [0, 0.1) is 38.1 Å². The maximum atomic E-state index is 3.34. The van der Waals surface area contributed by atoms with Gasteiger partial charge in [-0.2, -0.15) is 59.7 Å². The molecule has 4 aliphatic carbocycles. The number of rotatable bonds is 4. The van der Waals surface area contributed by atoms with E-state index in [1.807, 2.05) is 36.4 Å². The second kappa shape index (κ2) is 29.0. The molecule has 8 aromatic carbocycles. The average molecular weight is 1070 g/mol. The molecule has 4 aliphatic rings. The maximum absolute atomic E-state index is 3.34. The fourth-order valence-corrected chi connectivity index (χ4v) is 9.64. The summed E-state index contributed by atoms with van der Waals surface area (Å²) in [4.78, 5) is 0. The molecule has 8 aromatic rings. The quantitative estimate of drug-likeness (QED) is 0.155. The molecule has 68 heavy (non-hydrogen) atoms. The second-order valence-electron chi connectivity index (χ2n) is 15.9. The zero-order valence-electron chi connectivity index (χ0n) is 38.5. The predicted octanol–water partition coefficient (Wildman–Crippen LogP) is 8.96. The number of hydrogen-bond donors (Lipinski definition) is 0. The van der Waals surface area contributed by atoms with E-state index in [2.05, 4.69) is 232 Å². The number of allylic oxidation sites excluding steroid dienone is 8. The molecule has 0 nitrogen and oxygen atoms in total. The zero-order chi connectivity index (χ0) is 45.8. The van der Waals surface area contributed by atoms with Gasteiger partial charge in [0.05, 0.1) is 0 Å². The number of halogens is 2. The Kier molecular flexibility index (Phi) is 22.9. The molecular weight excluding hydrogens is 1020 g/mol. The van der Waals surface area contributed by atoms with E-state index in [4.69, 9.17) is 0 Å². The van der Waals surface area contributed by atoms with Gasteiger partial charge >= 0.3 is 198 Å². The molecule has 0 saturated carbocycles. The van der Waals surface area contributed by atoms with Crippen LogP contribution in [0.25, 0.3) is 22.3 Å². The van der Waals surface area contributed by atoms with Gasteiger partial charge in [-0.1, -0.05) is 84.6 Å². The Morgan fingerprint density at radius 1 is 0.397 bits per heavy atom. The van der Waals surface area contributed by atoms with E-state index in [1.54, 1.807) is 0 Å². The van der Waals surface area contributed by atoms with Crippen LogP contribution >= 0.6 is 0 Å². The SMILES string of the molecule is Cc1cc[c-]c2c1-c1ccccc1C2.Cc1cc[c-]c2c1-c1ccccc1C2.[C-]1=CC=CC1.[C-]1=CC=CC1.[Cl-].[Cl-].[Zr+2]=[C](c1ccccc1)c1ccccc1.[Zr+2]=[C](c1ccccc1)c1ccccc1. The standard InChI is InChI=1S/2C14H11.2C13H10.2C5H5.2ClH.2Zr/c2*1-10-5-4-7-12-9-11-6-2-3-8-13(11)14(10)12;2*1-3-7-12(8-4-1)11-13-9-5-2-6-10-13;2*1-2-4-5-3-1;;;;/h2*2-6,8H,9H2,1H3;2*1-10H;2*1-3H,4H2;2*1H;;/q2*-1;;;2*-1;;;2*+2/p-2. The van der Waals surface area contributed by atoms with Gasteiger partial charge in [0.1, 0.15) is 0 Å². The summed E-state index contributed by atoms with van der Waals surface area (Å²) in [7, 11) is 0. The summed E-state index contributed by atoms with van der Waals surface area (Å²) in [6.07, 6.45) is 22.1. The minimum absolute atomic E-state index is 0. The Hall–Kier alpha value is -5.19. The normalized spacial score (nSPS) is 11.7. The second-order valence-corrected chi connectivity index (χ2v) is 18.4. The first kappa shape index (κ1) is 53.8. The third-order valence-corrected chi connectivity index (χ3v) is 14.1. The van der Waals surface area contributed by atoms with Crippen LogP contribution in [0.4, 0.5) is 0 Å². The van der Waals surface area contributed by atoms with Crippen molar-refractivity contribution in [3.8, 4) is 22.3 Å². The molecule has 332 valence electrons. The van der Waals surface area contributed by atoms with Crippen molar-refractivity contribution < 1.29 is 73.3 Å². The van der Waals surface area contributed by atoms with Gasteiger partial charge in [-0.25, -0.2) is 24.3 Å². The van der Waals surface area contributed by atoms with Gasteiger partial charge in [0.25, 0.3) is 0 Å². The summed E-state index contributed by atoms with van der Waals surface area (Å²) in [5.74, 6) is 0. The molecule has 0 aliphatic heterocycles. The van der Waals surface area contributed by atoms with E-state index in [1.165, 1.54) is 133 Å². The van der Waals surface area contributed by atoms with Crippen LogP contribution in [0.5, 0.6) is 0 Å². The molecule has 0 radical (unpaired) electrons. The van der Waals surface area contributed by atoms with E-state index in [-0.39, 0.29) is 24.8 Å². The fraction of sp³-hybridized carbons (Fsp3) is 0.0938. The van der Waals surface area contributed by atoms with Gasteiger partial charge in [0.2, 0.25) is 0 Å². The molecule has 0 amide bonds. The van der Waals surface area contributed by atoms with Crippen LogP contribution in [0.2, 0.25) is 0 Å². The van der Waals surface area contributed by atoms with Crippen molar-refractivity contribution in [3.63, 3.8) is 0 Å². The van der Waals surface area contributed by atoms with E-state index in [0.29, 0.717) is 0 Å². The Morgan fingerprint density at radius 3 is 0.985 bits per heavy atom. The molecule has 0 unspecified atom stereocenters.